The molecule has 1 atom stereocenters. The molecule has 5 nitrogen and oxygen atoms in total. The van der Waals surface area contributed by atoms with Gasteiger partial charge in [-0.1, -0.05) is 62.4 Å². The van der Waals surface area contributed by atoms with E-state index in [4.69, 9.17) is 9.97 Å². The molecule has 0 radical (unpaired) electrons. The van der Waals surface area contributed by atoms with Crippen LogP contribution in [0.25, 0.3) is 11.4 Å². The number of aryl methyl sites for hydroxylation is 1. The van der Waals surface area contributed by atoms with Gasteiger partial charge < -0.3 is 10.0 Å². The Labute approximate surface area is 195 Å². The summed E-state index contributed by atoms with van der Waals surface area (Å²) in [4.78, 5) is 14.5. The predicted molar refractivity (Wildman–Crippen MR) is 131 cm³/mol. The van der Waals surface area contributed by atoms with E-state index < -0.39 is 0 Å². The zero-order valence-electron chi connectivity index (χ0n) is 19.5. The number of piperazine rings is 1. The fourth-order valence-corrected chi connectivity index (χ4v) is 4.37. The largest absolute Gasteiger partial charge is 0.392 e. The molecule has 2 aromatic carbocycles. The third-order valence-corrected chi connectivity index (χ3v) is 6.37. The maximum Gasteiger partial charge on any atom is 0.161 e. The number of aromatic nitrogens is 2. The molecule has 1 N–H and O–H groups in total. The van der Waals surface area contributed by atoms with E-state index in [1.54, 1.807) is 6.07 Å². The molecule has 6 heteroatoms. The molecule has 3 aromatic rings. The summed E-state index contributed by atoms with van der Waals surface area (Å²) in [5.41, 5.74) is 3.61. The molecule has 4 rings (SSSR count). The van der Waals surface area contributed by atoms with Gasteiger partial charge >= 0.3 is 0 Å². The Hall–Kier alpha value is -2.83. The summed E-state index contributed by atoms with van der Waals surface area (Å²) in [6.45, 7) is 8.16. The Morgan fingerprint density at radius 2 is 1.64 bits per heavy atom. The van der Waals surface area contributed by atoms with Gasteiger partial charge in [0.25, 0.3) is 0 Å². The van der Waals surface area contributed by atoms with E-state index in [0.717, 1.165) is 61.7 Å². The summed E-state index contributed by atoms with van der Waals surface area (Å²) < 4.78 is 14.6. The van der Waals surface area contributed by atoms with E-state index in [-0.39, 0.29) is 11.9 Å². The van der Waals surface area contributed by atoms with E-state index in [2.05, 4.69) is 16.7 Å². The minimum absolute atomic E-state index is 0.198. The van der Waals surface area contributed by atoms with Gasteiger partial charge in [-0.15, -0.1) is 0 Å². The van der Waals surface area contributed by atoms with Gasteiger partial charge in [0, 0.05) is 56.0 Å². The second-order valence-electron chi connectivity index (χ2n) is 8.63. The van der Waals surface area contributed by atoms with Crippen LogP contribution in [0.1, 0.15) is 37.1 Å². The van der Waals surface area contributed by atoms with Crippen LogP contribution in [0.5, 0.6) is 0 Å². The Morgan fingerprint density at radius 3 is 2.30 bits per heavy atom. The van der Waals surface area contributed by atoms with Crippen LogP contribution in [0.15, 0.2) is 54.6 Å². The number of nitrogens with zero attached hydrogens (tertiary/aromatic N) is 4. The van der Waals surface area contributed by atoms with E-state index >= 15 is 0 Å². The molecule has 0 unspecified atom stereocenters. The molecule has 1 aromatic heterocycles. The molecule has 33 heavy (non-hydrogen) atoms. The SMILES string of the molecule is CCc1nc(-c2ccccc2)nc(N2CCN(C[C@@H](O)CC)CC2)c1Cc1ccccc1F. The zero-order valence-corrected chi connectivity index (χ0v) is 19.5. The van der Waals surface area contributed by atoms with Crippen molar-refractivity contribution >= 4 is 5.82 Å². The van der Waals surface area contributed by atoms with E-state index in [1.165, 1.54) is 6.07 Å². The Kier molecular flexibility index (Phi) is 7.68. The summed E-state index contributed by atoms with van der Waals surface area (Å²) in [6.07, 6.45) is 1.69. The lowest BCUT2D eigenvalue weighted by molar-refractivity contribution is 0.106. The van der Waals surface area contributed by atoms with Crippen LogP contribution in [-0.4, -0.2) is 58.8 Å². The normalized spacial score (nSPS) is 15.6. The van der Waals surface area contributed by atoms with Gasteiger partial charge in [-0.2, -0.15) is 0 Å². The van der Waals surface area contributed by atoms with Crippen LogP contribution >= 0.6 is 0 Å². The highest BCUT2D eigenvalue weighted by Gasteiger charge is 2.25. The predicted octanol–water partition coefficient (Wildman–Crippen LogP) is 4.33. The molecule has 1 aliphatic rings. The molecule has 1 aliphatic heterocycles. The van der Waals surface area contributed by atoms with Gasteiger partial charge in [0.15, 0.2) is 5.82 Å². The lowest BCUT2D eigenvalue weighted by atomic mass is 10.0. The summed E-state index contributed by atoms with van der Waals surface area (Å²) >= 11 is 0. The van der Waals surface area contributed by atoms with E-state index in [9.17, 15) is 9.50 Å². The average molecular weight is 449 g/mol. The van der Waals surface area contributed by atoms with Gasteiger partial charge in [-0.25, -0.2) is 14.4 Å². The first-order valence-electron chi connectivity index (χ1n) is 11.9. The van der Waals surface area contributed by atoms with Gasteiger partial charge in [-0.3, -0.25) is 4.90 Å². The van der Waals surface area contributed by atoms with Crippen molar-refractivity contribution in [2.45, 2.75) is 39.2 Å². The number of rotatable bonds is 8. The number of anilines is 1. The van der Waals surface area contributed by atoms with Crippen LogP contribution < -0.4 is 4.90 Å². The van der Waals surface area contributed by atoms with Gasteiger partial charge in [0.2, 0.25) is 0 Å². The van der Waals surface area contributed by atoms with Gasteiger partial charge in [-0.05, 0) is 24.5 Å². The van der Waals surface area contributed by atoms with Gasteiger partial charge in [0.1, 0.15) is 11.6 Å². The minimum atomic E-state index is -0.288. The number of hydrogen-bond acceptors (Lipinski definition) is 5. The fraction of sp³-hybridized carbons (Fsp3) is 0.407. The van der Waals surface area contributed by atoms with Crippen molar-refractivity contribution in [3.05, 3.63) is 77.2 Å². The Bertz CT molecular complexity index is 1050. The first-order valence-corrected chi connectivity index (χ1v) is 11.9. The van der Waals surface area contributed by atoms with E-state index in [0.29, 0.717) is 24.4 Å². The van der Waals surface area contributed by atoms with Gasteiger partial charge in [0.05, 0.1) is 6.10 Å². The van der Waals surface area contributed by atoms with Crippen molar-refractivity contribution in [1.29, 1.82) is 0 Å². The molecule has 0 bridgehead atoms. The third kappa shape index (κ3) is 5.57. The third-order valence-electron chi connectivity index (χ3n) is 6.37. The second-order valence-corrected chi connectivity index (χ2v) is 8.63. The molecule has 1 fully saturated rings. The molecular weight excluding hydrogens is 415 g/mol. The Balaban J connectivity index is 1.70. The molecule has 1 saturated heterocycles. The lowest BCUT2D eigenvalue weighted by Crippen LogP contribution is -2.49. The topological polar surface area (TPSA) is 52.5 Å². The highest BCUT2D eigenvalue weighted by atomic mass is 19.1. The van der Waals surface area contributed by atoms with E-state index in [1.807, 2.05) is 49.4 Å². The zero-order chi connectivity index (χ0) is 23.2. The number of aliphatic hydroxyl groups is 1. The first-order chi connectivity index (χ1) is 16.1. The summed E-state index contributed by atoms with van der Waals surface area (Å²) in [7, 11) is 0. The molecule has 0 aliphatic carbocycles. The van der Waals surface area contributed by atoms with Crippen molar-refractivity contribution in [2.75, 3.05) is 37.6 Å². The van der Waals surface area contributed by atoms with Crippen molar-refractivity contribution in [2.24, 2.45) is 0 Å². The van der Waals surface area contributed by atoms with Crippen molar-refractivity contribution in [3.63, 3.8) is 0 Å². The summed E-state index contributed by atoms with van der Waals surface area (Å²) in [6, 6.07) is 17.0. The standard InChI is InChI=1S/C27H33FN4O/c1-3-22(33)19-31-14-16-32(17-15-31)27-23(18-21-12-8-9-13-24(21)28)25(4-2)29-26(30-27)20-10-6-5-7-11-20/h5-13,22,33H,3-4,14-19H2,1-2H3/t22-/m0/s1. The lowest BCUT2D eigenvalue weighted by Gasteiger charge is -2.37. The Morgan fingerprint density at radius 1 is 0.939 bits per heavy atom. The fourth-order valence-electron chi connectivity index (χ4n) is 4.37. The number of benzene rings is 2. The van der Waals surface area contributed by atoms with Crippen LogP contribution in [-0.2, 0) is 12.8 Å². The van der Waals surface area contributed by atoms with Crippen LogP contribution in [0.2, 0.25) is 0 Å². The average Bonchev–Trinajstić information content (AvgIpc) is 2.86. The summed E-state index contributed by atoms with van der Waals surface area (Å²) in [5, 5.41) is 10.0. The maximum atomic E-state index is 14.6. The number of hydrogen-bond donors (Lipinski definition) is 1. The van der Waals surface area contributed by atoms with Crippen LogP contribution in [0.4, 0.5) is 10.2 Å². The number of aliphatic hydroxyl groups excluding tert-OH is 1. The molecule has 0 amide bonds. The monoisotopic (exact) mass is 448 g/mol. The number of β-amino-alcohol motifs (C(OH)–C–C–N with tert-alkyl or cyclic N) is 1. The molecule has 2 heterocycles. The van der Waals surface area contributed by atoms with Crippen molar-refractivity contribution in [3.8, 4) is 11.4 Å². The van der Waals surface area contributed by atoms with Crippen molar-refractivity contribution in [1.82, 2.24) is 14.9 Å². The molecular formula is C27H33FN4O. The summed E-state index contributed by atoms with van der Waals surface area (Å²) in [5.74, 6) is 1.42. The molecule has 174 valence electrons. The molecule has 0 spiro atoms. The smallest absolute Gasteiger partial charge is 0.161 e. The van der Waals surface area contributed by atoms with Crippen LogP contribution in [0.3, 0.4) is 0 Å². The minimum Gasteiger partial charge on any atom is -0.392 e. The van der Waals surface area contributed by atoms with Crippen LogP contribution in [0, 0.1) is 5.82 Å². The highest BCUT2D eigenvalue weighted by Crippen LogP contribution is 2.29. The quantitative estimate of drug-likeness (QED) is 0.556. The first kappa shape index (κ1) is 23.3. The highest BCUT2D eigenvalue weighted by molar-refractivity contribution is 5.61. The maximum absolute atomic E-state index is 14.6. The second kappa shape index (κ2) is 10.9. The molecule has 0 saturated carbocycles. The van der Waals surface area contributed by atoms with Crippen molar-refractivity contribution < 1.29 is 9.50 Å². The number of halogens is 1.